The lowest BCUT2D eigenvalue weighted by molar-refractivity contribution is -0.140. The van der Waals surface area contributed by atoms with Crippen molar-refractivity contribution in [1.82, 2.24) is 5.32 Å². The van der Waals surface area contributed by atoms with Crippen LogP contribution in [0.5, 0.6) is 0 Å². The molecule has 1 aliphatic rings. The molecule has 1 aliphatic heterocycles. The van der Waals surface area contributed by atoms with Gasteiger partial charge in [0, 0.05) is 0 Å². The van der Waals surface area contributed by atoms with Crippen LogP contribution in [0.25, 0.3) is 0 Å². The zero-order valence-electron chi connectivity index (χ0n) is 7.58. The molecule has 0 aromatic heterocycles. The van der Waals surface area contributed by atoms with Gasteiger partial charge in [-0.2, -0.15) is 0 Å². The first-order valence-corrected chi connectivity index (χ1v) is 4.31. The van der Waals surface area contributed by atoms with Gasteiger partial charge < -0.3 is 16.2 Å². The summed E-state index contributed by atoms with van der Waals surface area (Å²) in [5.41, 5.74) is 5.45. The van der Waals surface area contributed by atoms with Gasteiger partial charge in [-0.3, -0.25) is 4.79 Å². The number of nitrogens with one attached hydrogen (secondary N) is 1. The van der Waals surface area contributed by atoms with Crippen LogP contribution in [0.1, 0.15) is 19.3 Å². The lowest BCUT2D eigenvalue weighted by Crippen LogP contribution is -2.42. The van der Waals surface area contributed by atoms with E-state index >= 15 is 0 Å². The van der Waals surface area contributed by atoms with Crippen molar-refractivity contribution in [3.63, 3.8) is 0 Å². The van der Waals surface area contributed by atoms with Crippen molar-refractivity contribution in [3.8, 4) is 0 Å². The van der Waals surface area contributed by atoms with Crippen LogP contribution in [-0.4, -0.2) is 30.7 Å². The maximum Gasteiger partial charge on any atom is 0.303 e. The van der Waals surface area contributed by atoms with E-state index in [1.54, 1.807) is 0 Å². The van der Waals surface area contributed by atoms with Crippen molar-refractivity contribution in [3.05, 3.63) is 0 Å². The second-order valence-corrected chi connectivity index (χ2v) is 3.52. The van der Waals surface area contributed by atoms with E-state index in [2.05, 4.69) is 5.32 Å². The fourth-order valence-corrected chi connectivity index (χ4v) is 1.73. The van der Waals surface area contributed by atoms with Gasteiger partial charge in [0.2, 0.25) is 0 Å². The monoisotopic (exact) mass is 208 g/mol. The quantitative estimate of drug-likeness (QED) is 0.620. The lowest BCUT2D eigenvalue weighted by Gasteiger charge is -2.35. The third-order valence-electron chi connectivity index (χ3n) is 2.62. The van der Waals surface area contributed by atoms with Gasteiger partial charge in [0.05, 0.1) is 6.42 Å². The average Bonchev–Trinajstić information content (AvgIpc) is 2.05. The van der Waals surface area contributed by atoms with Crippen molar-refractivity contribution in [2.45, 2.75) is 19.3 Å². The fraction of sp³-hybridized carbons (Fsp3) is 0.875. The van der Waals surface area contributed by atoms with Gasteiger partial charge in [-0.05, 0) is 37.9 Å². The first-order chi connectivity index (χ1) is 5.68. The SMILES string of the molecule is Cl.NCC1(CC(=O)O)CCNCC1. The van der Waals surface area contributed by atoms with Crippen molar-refractivity contribution < 1.29 is 9.90 Å². The molecular formula is C8H17ClN2O2. The first-order valence-electron chi connectivity index (χ1n) is 4.31. The van der Waals surface area contributed by atoms with E-state index in [4.69, 9.17) is 10.8 Å². The van der Waals surface area contributed by atoms with Crippen molar-refractivity contribution in [2.75, 3.05) is 19.6 Å². The summed E-state index contributed by atoms with van der Waals surface area (Å²) in [6.07, 6.45) is 1.98. The summed E-state index contributed by atoms with van der Waals surface area (Å²) in [5, 5.41) is 11.9. The third-order valence-corrected chi connectivity index (χ3v) is 2.62. The van der Waals surface area contributed by atoms with E-state index in [0.29, 0.717) is 6.54 Å². The van der Waals surface area contributed by atoms with Crippen LogP contribution in [0.4, 0.5) is 0 Å². The topological polar surface area (TPSA) is 75.4 Å². The molecule has 1 rings (SSSR count). The van der Waals surface area contributed by atoms with Crippen LogP contribution >= 0.6 is 12.4 Å². The zero-order chi connectivity index (χ0) is 9.03. The lowest BCUT2D eigenvalue weighted by atomic mass is 9.76. The van der Waals surface area contributed by atoms with Crippen molar-refractivity contribution in [2.24, 2.45) is 11.1 Å². The minimum atomic E-state index is -0.734. The number of nitrogens with two attached hydrogens (primary N) is 1. The maximum atomic E-state index is 10.6. The summed E-state index contributed by atoms with van der Waals surface area (Å²) in [6, 6.07) is 0. The number of piperidine rings is 1. The predicted molar refractivity (Wildman–Crippen MR) is 53.1 cm³/mol. The molecule has 5 heteroatoms. The molecule has 0 radical (unpaired) electrons. The molecule has 1 saturated heterocycles. The highest BCUT2D eigenvalue weighted by atomic mass is 35.5. The highest BCUT2D eigenvalue weighted by Crippen LogP contribution is 2.31. The van der Waals surface area contributed by atoms with Crippen LogP contribution in [0.3, 0.4) is 0 Å². The Morgan fingerprint density at radius 1 is 1.46 bits per heavy atom. The van der Waals surface area contributed by atoms with Crippen molar-refractivity contribution in [1.29, 1.82) is 0 Å². The molecule has 0 spiro atoms. The molecule has 4 N–H and O–H groups in total. The molecule has 0 aliphatic carbocycles. The highest BCUT2D eigenvalue weighted by molar-refractivity contribution is 5.85. The molecule has 78 valence electrons. The minimum absolute atomic E-state index is 0. The van der Waals surface area contributed by atoms with Gasteiger partial charge in [0.1, 0.15) is 0 Å². The number of rotatable bonds is 3. The number of carboxylic acids is 1. The molecule has 0 aromatic rings. The van der Waals surface area contributed by atoms with E-state index in [-0.39, 0.29) is 24.2 Å². The molecule has 0 atom stereocenters. The second-order valence-electron chi connectivity index (χ2n) is 3.52. The second kappa shape index (κ2) is 5.42. The van der Waals surface area contributed by atoms with Gasteiger partial charge in [-0.1, -0.05) is 0 Å². The van der Waals surface area contributed by atoms with Crippen LogP contribution < -0.4 is 11.1 Å². The summed E-state index contributed by atoms with van der Waals surface area (Å²) >= 11 is 0. The Morgan fingerprint density at radius 3 is 2.38 bits per heavy atom. The van der Waals surface area contributed by atoms with Crippen LogP contribution in [0, 0.1) is 5.41 Å². The number of hydrogen-bond donors (Lipinski definition) is 3. The summed E-state index contributed by atoms with van der Waals surface area (Å²) in [6.45, 7) is 2.27. The van der Waals surface area contributed by atoms with E-state index < -0.39 is 5.97 Å². The van der Waals surface area contributed by atoms with E-state index in [1.165, 1.54) is 0 Å². The van der Waals surface area contributed by atoms with Crippen LogP contribution in [0.2, 0.25) is 0 Å². The van der Waals surface area contributed by atoms with Gasteiger partial charge in [-0.15, -0.1) is 12.4 Å². The maximum absolute atomic E-state index is 10.6. The van der Waals surface area contributed by atoms with Gasteiger partial charge in [0.25, 0.3) is 0 Å². The Bertz CT molecular complexity index is 170. The average molecular weight is 209 g/mol. The standard InChI is InChI=1S/C8H16N2O2.ClH/c9-6-8(5-7(11)12)1-3-10-4-2-8;/h10H,1-6,9H2,(H,11,12);1H. The molecule has 0 aromatic carbocycles. The summed E-state index contributed by atoms with van der Waals surface area (Å²) < 4.78 is 0. The zero-order valence-corrected chi connectivity index (χ0v) is 8.40. The summed E-state index contributed by atoms with van der Waals surface area (Å²) in [5.74, 6) is -0.734. The Balaban J connectivity index is 0.00000144. The number of carbonyl (C=O) groups is 1. The molecule has 0 amide bonds. The van der Waals surface area contributed by atoms with Gasteiger partial charge in [0.15, 0.2) is 0 Å². The molecule has 0 bridgehead atoms. The molecular weight excluding hydrogens is 192 g/mol. The molecule has 1 heterocycles. The van der Waals surface area contributed by atoms with Gasteiger partial charge >= 0.3 is 5.97 Å². The fourth-order valence-electron chi connectivity index (χ4n) is 1.73. The highest BCUT2D eigenvalue weighted by Gasteiger charge is 2.32. The molecule has 0 saturated carbocycles. The normalized spacial score (nSPS) is 20.4. The molecule has 1 fully saturated rings. The molecule has 4 nitrogen and oxygen atoms in total. The molecule has 0 unspecified atom stereocenters. The van der Waals surface area contributed by atoms with E-state index in [9.17, 15) is 4.79 Å². The van der Waals surface area contributed by atoms with Gasteiger partial charge in [-0.25, -0.2) is 0 Å². The summed E-state index contributed by atoms with van der Waals surface area (Å²) in [7, 11) is 0. The number of hydrogen-bond acceptors (Lipinski definition) is 3. The Hall–Kier alpha value is -0.320. The number of aliphatic carboxylic acids is 1. The Morgan fingerprint density at radius 2 is 2.00 bits per heavy atom. The van der Waals surface area contributed by atoms with Crippen LogP contribution in [-0.2, 0) is 4.79 Å². The third kappa shape index (κ3) is 3.50. The van der Waals surface area contributed by atoms with E-state index in [0.717, 1.165) is 25.9 Å². The smallest absolute Gasteiger partial charge is 0.303 e. The predicted octanol–water partition coefficient (Wildman–Crippen LogP) is 0.211. The Kier molecular flexibility index (Phi) is 5.29. The van der Waals surface area contributed by atoms with Crippen molar-refractivity contribution >= 4 is 18.4 Å². The largest absolute Gasteiger partial charge is 0.481 e. The summed E-state index contributed by atoms with van der Waals surface area (Å²) in [4.78, 5) is 10.6. The number of halogens is 1. The molecule has 13 heavy (non-hydrogen) atoms. The minimum Gasteiger partial charge on any atom is -0.481 e. The first kappa shape index (κ1) is 12.7. The van der Waals surface area contributed by atoms with E-state index in [1.807, 2.05) is 0 Å². The Labute approximate surface area is 84.3 Å². The van der Waals surface area contributed by atoms with Crippen LogP contribution in [0.15, 0.2) is 0 Å². The number of carboxylic acid groups (broad SMARTS) is 1.